The Morgan fingerprint density at radius 2 is 2.00 bits per heavy atom. The first kappa shape index (κ1) is 9.67. The van der Waals surface area contributed by atoms with Gasteiger partial charge in [-0.1, -0.05) is 30.3 Å². The second-order valence-corrected chi connectivity index (χ2v) is 3.13. The Balaban J connectivity index is 2.87. The quantitative estimate of drug-likeness (QED) is 0.562. The Kier molecular flexibility index (Phi) is 2.63. The minimum atomic E-state index is -1.38. The maximum Gasteiger partial charge on any atom is 0.236 e. The van der Waals surface area contributed by atoms with Gasteiger partial charge in [0, 0.05) is 4.92 Å². The molecule has 0 spiro atoms. The highest BCUT2D eigenvalue weighted by Crippen LogP contribution is 2.19. The standard InChI is InChI=1S/C9H11NO3/c1-9(11,7-10(12)13)8-5-3-2-4-6-8/h2-6,11H,7H2,1H3. The van der Waals surface area contributed by atoms with E-state index in [1.807, 2.05) is 0 Å². The molecular weight excluding hydrogens is 170 g/mol. The van der Waals surface area contributed by atoms with Crippen LogP contribution in [-0.4, -0.2) is 16.6 Å². The second kappa shape index (κ2) is 3.53. The molecule has 1 aromatic rings. The summed E-state index contributed by atoms with van der Waals surface area (Å²) in [4.78, 5) is 9.71. The minimum absolute atomic E-state index is 0.475. The summed E-state index contributed by atoms with van der Waals surface area (Å²) in [5, 5.41) is 19.9. The van der Waals surface area contributed by atoms with Crippen molar-refractivity contribution in [3.05, 3.63) is 46.0 Å². The molecule has 1 atom stereocenters. The van der Waals surface area contributed by atoms with Crippen LogP contribution in [-0.2, 0) is 5.60 Å². The van der Waals surface area contributed by atoms with E-state index in [2.05, 4.69) is 0 Å². The lowest BCUT2D eigenvalue weighted by atomic mass is 9.96. The summed E-state index contributed by atoms with van der Waals surface area (Å²) in [6, 6.07) is 8.62. The van der Waals surface area contributed by atoms with Crippen LogP contribution in [0.25, 0.3) is 0 Å². The summed E-state index contributed by atoms with van der Waals surface area (Å²) >= 11 is 0. The third-order valence-electron chi connectivity index (χ3n) is 1.83. The predicted octanol–water partition coefficient (Wildman–Crippen LogP) is 1.17. The lowest BCUT2D eigenvalue weighted by Crippen LogP contribution is -2.30. The Morgan fingerprint density at radius 3 is 2.46 bits per heavy atom. The molecule has 4 nitrogen and oxygen atoms in total. The summed E-state index contributed by atoms with van der Waals surface area (Å²) in [5.74, 6) is 0. The number of hydrogen-bond donors (Lipinski definition) is 1. The molecule has 0 aliphatic carbocycles. The zero-order valence-electron chi connectivity index (χ0n) is 7.30. The van der Waals surface area contributed by atoms with Crippen LogP contribution in [0.3, 0.4) is 0 Å². The van der Waals surface area contributed by atoms with Crippen LogP contribution in [0.2, 0.25) is 0 Å². The lowest BCUT2D eigenvalue weighted by Gasteiger charge is -2.18. The highest BCUT2D eigenvalue weighted by Gasteiger charge is 2.28. The fourth-order valence-electron chi connectivity index (χ4n) is 1.14. The lowest BCUT2D eigenvalue weighted by molar-refractivity contribution is -0.501. The molecule has 0 saturated heterocycles. The molecule has 13 heavy (non-hydrogen) atoms. The number of nitro groups is 1. The number of hydrogen-bond acceptors (Lipinski definition) is 3. The van der Waals surface area contributed by atoms with Gasteiger partial charge >= 0.3 is 0 Å². The summed E-state index contributed by atoms with van der Waals surface area (Å²) < 4.78 is 0. The number of aliphatic hydroxyl groups is 1. The molecule has 0 bridgehead atoms. The third-order valence-corrected chi connectivity index (χ3v) is 1.83. The van der Waals surface area contributed by atoms with Crippen molar-refractivity contribution in [2.45, 2.75) is 12.5 Å². The van der Waals surface area contributed by atoms with Crippen molar-refractivity contribution in [3.63, 3.8) is 0 Å². The fourth-order valence-corrected chi connectivity index (χ4v) is 1.14. The van der Waals surface area contributed by atoms with E-state index in [4.69, 9.17) is 0 Å². The van der Waals surface area contributed by atoms with Crippen molar-refractivity contribution in [2.24, 2.45) is 0 Å². The van der Waals surface area contributed by atoms with Crippen molar-refractivity contribution < 1.29 is 10.0 Å². The Bertz CT molecular complexity index is 295. The zero-order valence-corrected chi connectivity index (χ0v) is 7.30. The zero-order chi connectivity index (χ0) is 9.90. The van der Waals surface area contributed by atoms with E-state index in [0.717, 1.165) is 0 Å². The molecule has 0 heterocycles. The van der Waals surface area contributed by atoms with Crippen molar-refractivity contribution in [3.8, 4) is 0 Å². The van der Waals surface area contributed by atoms with Crippen LogP contribution in [0.1, 0.15) is 12.5 Å². The monoisotopic (exact) mass is 181 g/mol. The molecular formula is C9H11NO3. The Labute approximate surface area is 76.0 Å². The van der Waals surface area contributed by atoms with Gasteiger partial charge in [0.05, 0.1) is 0 Å². The minimum Gasteiger partial charge on any atom is -0.379 e. The SMILES string of the molecule is CC(O)(C[N+](=O)[O-])c1ccccc1. The van der Waals surface area contributed by atoms with Crippen LogP contribution < -0.4 is 0 Å². The molecule has 0 aliphatic heterocycles. The normalized spacial score (nSPS) is 14.9. The van der Waals surface area contributed by atoms with Crippen molar-refractivity contribution in [2.75, 3.05) is 6.54 Å². The smallest absolute Gasteiger partial charge is 0.236 e. The fraction of sp³-hybridized carbons (Fsp3) is 0.333. The summed E-state index contributed by atoms with van der Waals surface area (Å²) in [6.07, 6.45) is 0. The van der Waals surface area contributed by atoms with E-state index in [1.54, 1.807) is 30.3 Å². The maximum atomic E-state index is 10.2. The number of nitrogens with zero attached hydrogens (tertiary/aromatic N) is 1. The van der Waals surface area contributed by atoms with Gasteiger partial charge in [0.25, 0.3) is 0 Å². The van der Waals surface area contributed by atoms with Gasteiger partial charge in [0.2, 0.25) is 6.54 Å². The van der Waals surface area contributed by atoms with Gasteiger partial charge < -0.3 is 5.11 Å². The highest BCUT2D eigenvalue weighted by molar-refractivity contribution is 5.21. The summed E-state index contributed by atoms with van der Waals surface area (Å²) in [6.45, 7) is 0.960. The molecule has 0 saturated carbocycles. The number of benzene rings is 1. The molecule has 0 aliphatic rings. The summed E-state index contributed by atoms with van der Waals surface area (Å²) in [5.41, 5.74) is -0.822. The van der Waals surface area contributed by atoms with Gasteiger partial charge in [-0.25, -0.2) is 0 Å². The first-order valence-corrected chi connectivity index (χ1v) is 3.92. The second-order valence-electron chi connectivity index (χ2n) is 3.13. The van der Waals surface area contributed by atoms with E-state index in [-0.39, 0.29) is 0 Å². The average molecular weight is 181 g/mol. The van der Waals surface area contributed by atoms with Crippen molar-refractivity contribution >= 4 is 0 Å². The van der Waals surface area contributed by atoms with Gasteiger partial charge in [-0.2, -0.15) is 0 Å². The van der Waals surface area contributed by atoms with E-state index >= 15 is 0 Å². The van der Waals surface area contributed by atoms with Crippen LogP contribution in [0.15, 0.2) is 30.3 Å². The van der Waals surface area contributed by atoms with Crippen LogP contribution >= 0.6 is 0 Å². The number of rotatable bonds is 3. The van der Waals surface area contributed by atoms with Crippen LogP contribution in [0.5, 0.6) is 0 Å². The van der Waals surface area contributed by atoms with E-state index < -0.39 is 17.1 Å². The van der Waals surface area contributed by atoms with Crippen LogP contribution in [0.4, 0.5) is 0 Å². The molecule has 0 amide bonds. The topological polar surface area (TPSA) is 63.4 Å². The highest BCUT2D eigenvalue weighted by atomic mass is 16.6. The largest absolute Gasteiger partial charge is 0.379 e. The molecule has 1 N–H and O–H groups in total. The molecule has 1 rings (SSSR count). The van der Waals surface area contributed by atoms with Gasteiger partial charge in [-0.3, -0.25) is 10.1 Å². The van der Waals surface area contributed by atoms with Crippen LogP contribution in [0, 0.1) is 10.1 Å². The van der Waals surface area contributed by atoms with E-state index in [0.29, 0.717) is 5.56 Å². The van der Waals surface area contributed by atoms with Gasteiger partial charge in [0.15, 0.2) is 5.60 Å². The Morgan fingerprint density at radius 1 is 1.46 bits per heavy atom. The Hall–Kier alpha value is -1.42. The van der Waals surface area contributed by atoms with Gasteiger partial charge in [-0.05, 0) is 12.5 Å². The molecule has 1 unspecified atom stereocenters. The van der Waals surface area contributed by atoms with Crippen molar-refractivity contribution in [1.29, 1.82) is 0 Å². The van der Waals surface area contributed by atoms with Gasteiger partial charge in [-0.15, -0.1) is 0 Å². The molecule has 0 radical (unpaired) electrons. The average Bonchev–Trinajstić information content (AvgIpc) is 2.04. The molecule has 0 aromatic heterocycles. The maximum absolute atomic E-state index is 10.2. The third kappa shape index (κ3) is 2.52. The molecule has 0 fully saturated rings. The molecule has 1 aromatic carbocycles. The van der Waals surface area contributed by atoms with Crippen molar-refractivity contribution in [1.82, 2.24) is 0 Å². The predicted molar refractivity (Wildman–Crippen MR) is 47.9 cm³/mol. The first-order chi connectivity index (χ1) is 6.02. The summed E-state index contributed by atoms with van der Waals surface area (Å²) in [7, 11) is 0. The van der Waals surface area contributed by atoms with E-state index in [1.165, 1.54) is 6.92 Å². The molecule has 4 heteroatoms. The van der Waals surface area contributed by atoms with E-state index in [9.17, 15) is 15.2 Å². The molecule has 70 valence electrons. The first-order valence-electron chi connectivity index (χ1n) is 3.92. The van der Waals surface area contributed by atoms with Gasteiger partial charge in [0.1, 0.15) is 0 Å².